The maximum absolute atomic E-state index is 8.90. The second-order valence-electron chi connectivity index (χ2n) is 8.47. The molecule has 0 spiro atoms. The molecule has 1 fully saturated rings. The van der Waals surface area contributed by atoms with Crippen molar-refractivity contribution in [2.75, 3.05) is 24.5 Å². The van der Waals surface area contributed by atoms with Crippen molar-refractivity contribution in [3.05, 3.63) is 114 Å². The highest BCUT2D eigenvalue weighted by molar-refractivity contribution is 5.83. The van der Waals surface area contributed by atoms with E-state index in [1.807, 2.05) is 42.5 Å². The van der Waals surface area contributed by atoms with Crippen molar-refractivity contribution < 1.29 is 0 Å². The van der Waals surface area contributed by atoms with Gasteiger partial charge in [-0.05, 0) is 86.4 Å². The van der Waals surface area contributed by atoms with Gasteiger partial charge in [-0.1, -0.05) is 72.3 Å². The molecule has 4 aromatic carbocycles. The van der Waals surface area contributed by atoms with E-state index >= 15 is 0 Å². The zero-order valence-corrected chi connectivity index (χ0v) is 20.4. The first-order valence-electron chi connectivity index (χ1n) is 12.1. The third-order valence-corrected chi connectivity index (χ3v) is 5.83. The molecule has 34 heavy (non-hydrogen) atoms. The summed E-state index contributed by atoms with van der Waals surface area (Å²) < 4.78 is 0. The zero-order chi connectivity index (χ0) is 24.0. The van der Waals surface area contributed by atoms with Gasteiger partial charge >= 0.3 is 0 Å². The molecule has 5 rings (SSSR count). The number of nitrogens with one attached hydrogen (secondary N) is 1. The van der Waals surface area contributed by atoms with Crippen LogP contribution in [-0.2, 0) is 6.54 Å². The molecule has 174 valence electrons. The number of nitrogens with zero attached hydrogens (tertiary/aromatic N) is 2. The molecule has 0 amide bonds. The van der Waals surface area contributed by atoms with Crippen LogP contribution in [0.4, 0.5) is 5.69 Å². The summed E-state index contributed by atoms with van der Waals surface area (Å²) in [4.78, 5) is 2.31. The van der Waals surface area contributed by atoms with Crippen LogP contribution in [0, 0.1) is 18.3 Å². The van der Waals surface area contributed by atoms with E-state index in [9.17, 15) is 0 Å². The van der Waals surface area contributed by atoms with Crippen molar-refractivity contribution in [2.45, 2.75) is 33.2 Å². The Bertz CT molecular complexity index is 1150. The average molecular weight is 450 g/mol. The summed E-state index contributed by atoms with van der Waals surface area (Å²) >= 11 is 0. The van der Waals surface area contributed by atoms with Gasteiger partial charge in [0.15, 0.2) is 0 Å². The van der Waals surface area contributed by atoms with Gasteiger partial charge in [-0.2, -0.15) is 5.26 Å². The average Bonchev–Trinajstić information content (AvgIpc) is 3.49. The second kappa shape index (κ2) is 13.8. The van der Waals surface area contributed by atoms with Gasteiger partial charge < -0.3 is 10.2 Å². The van der Waals surface area contributed by atoms with E-state index in [0.717, 1.165) is 18.8 Å². The number of benzene rings is 4. The lowest BCUT2D eigenvalue weighted by Crippen LogP contribution is -2.21. The van der Waals surface area contributed by atoms with Crippen LogP contribution >= 0.6 is 0 Å². The number of nitriles is 1. The summed E-state index contributed by atoms with van der Waals surface area (Å²) in [5, 5.41) is 14.7. The molecule has 1 N–H and O–H groups in total. The Balaban J connectivity index is 0.000000219. The highest BCUT2D eigenvalue weighted by atomic mass is 15.1. The van der Waals surface area contributed by atoms with E-state index in [2.05, 4.69) is 84.7 Å². The van der Waals surface area contributed by atoms with E-state index in [0.29, 0.717) is 5.56 Å². The molecule has 0 bridgehead atoms. The molecule has 0 unspecified atom stereocenters. The van der Waals surface area contributed by atoms with Gasteiger partial charge in [0.1, 0.15) is 0 Å². The fourth-order valence-electron chi connectivity index (χ4n) is 3.85. The van der Waals surface area contributed by atoms with Crippen molar-refractivity contribution in [3.8, 4) is 6.07 Å². The normalized spacial score (nSPS) is 12.0. The highest BCUT2D eigenvalue weighted by Crippen LogP contribution is 2.21. The van der Waals surface area contributed by atoms with E-state index in [4.69, 9.17) is 5.26 Å². The molecule has 0 saturated carbocycles. The second-order valence-corrected chi connectivity index (χ2v) is 8.47. The fourth-order valence-corrected chi connectivity index (χ4v) is 3.85. The number of hydrogen-bond acceptors (Lipinski definition) is 3. The Morgan fingerprint density at radius 2 is 1.44 bits per heavy atom. The first-order valence-corrected chi connectivity index (χ1v) is 12.1. The van der Waals surface area contributed by atoms with E-state index in [1.165, 1.54) is 47.8 Å². The number of aryl methyl sites for hydroxylation is 1. The highest BCUT2D eigenvalue weighted by Gasteiger charge is 2.06. The Labute approximate surface area is 204 Å². The van der Waals surface area contributed by atoms with Crippen LogP contribution in [0.15, 0.2) is 97.1 Å². The van der Waals surface area contributed by atoms with Gasteiger partial charge in [0.25, 0.3) is 0 Å². The maximum atomic E-state index is 8.90. The largest absolute Gasteiger partial charge is 0.367 e. The Kier molecular flexibility index (Phi) is 10.2. The van der Waals surface area contributed by atoms with Gasteiger partial charge in [0.05, 0.1) is 11.6 Å². The summed E-state index contributed by atoms with van der Waals surface area (Å²) in [6.45, 7) is 8.53. The minimum Gasteiger partial charge on any atom is -0.367 e. The topological polar surface area (TPSA) is 39.1 Å². The summed E-state index contributed by atoms with van der Waals surface area (Å²) in [5.74, 6) is 0. The predicted octanol–water partition coefficient (Wildman–Crippen LogP) is 7.10. The quantitative estimate of drug-likeness (QED) is 0.361. The van der Waals surface area contributed by atoms with Crippen LogP contribution in [-0.4, -0.2) is 19.6 Å². The molecule has 4 aromatic rings. The summed E-state index contributed by atoms with van der Waals surface area (Å²) in [6.07, 6.45) is 2.78. The lowest BCUT2D eigenvalue weighted by Gasteiger charge is -2.23. The van der Waals surface area contributed by atoms with E-state index in [1.54, 1.807) is 0 Å². The van der Waals surface area contributed by atoms with Crippen LogP contribution in [0.25, 0.3) is 10.8 Å². The van der Waals surface area contributed by atoms with Crippen molar-refractivity contribution in [2.24, 2.45) is 0 Å². The third-order valence-electron chi connectivity index (χ3n) is 5.83. The predicted molar refractivity (Wildman–Crippen MR) is 145 cm³/mol. The van der Waals surface area contributed by atoms with Crippen LogP contribution in [0.3, 0.4) is 0 Å². The Hall–Kier alpha value is -3.61. The number of fused-ring (bicyclic) bond motifs is 1. The van der Waals surface area contributed by atoms with Crippen LogP contribution in [0.2, 0.25) is 0 Å². The molecule has 1 aliphatic heterocycles. The molecule has 0 aromatic heterocycles. The van der Waals surface area contributed by atoms with Gasteiger partial charge in [-0.25, -0.2) is 0 Å². The Morgan fingerprint density at radius 1 is 0.794 bits per heavy atom. The Morgan fingerprint density at radius 3 is 1.97 bits per heavy atom. The van der Waals surface area contributed by atoms with Crippen molar-refractivity contribution in [3.63, 3.8) is 0 Å². The maximum Gasteiger partial charge on any atom is 0.0991 e. The summed E-state index contributed by atoms with van der Waals surface area (Å²) in [5.41, 5.74) is 4.47. The van der Waals surface area contributed by atoms with E-state index in [-0.39, 0.29) is 0 Å². The van der Waals surface area contributed by atoms with Crippen molar-refractivity contribution in [1.29, 1.82) is 5.26 Å². The molecule has 3 nitrogen and oxygen atoms in total. The van der Waals surface area contributed by atoms with Crippen LogP contribution < -0.4 is 10.2 Å². The molecule has 0 aliphatic carbocycles. The number of anilines is 1. The number of rotatable bonds is 4. The van der Waals surface area contributed by atoms with Crippen molar-refractivity contribution >= 4 is 16.5 Å². The monoisotopic (exact) mass is 449 g/mol. The lowest BCUT2D eigenvalue weighted by atomic mass is 10.1. The molecule has 3 heteroatoms. The molecule has 1 heterocycles. The molecule has 0 atom stereocenters. The molecular formula is C31H35N3. The van der Waals surface area contributed by atoms with Gasteiger partial charge in [0, 0.05) is 18.8 Å². The first-order chi connectivity index (χ1) is 16.7. The SMILES string of the molecule is C1CCNC1.CCN(Cc1ccc2ccccc2c1)c1ccc(C#N)cc1.Cc1ccccc1. The van der Waals surface area contributed by atoms with E-state index < -0.39 is 0 Å². The zero-order valence-electron chi connectivity index (χ0n) is 20.4. The first kappa shape index (κ1) is 25.0. The smallest absolute Gasteiger partial charge is 0.0991 e. The molecular weight excluding hydrogens is 414 g/mol. The van der Waals surface area contributed by atoms with Gasteiger partial charge in [-0.15, -0.1) is 0 Å². The van der Waals surface area contributed by atoms with Crippen molar-refractivity contribution in [1.82, 2.24) is 5.32 Å². The van der Waals surface area contributed by atoms with Gasteiger partial charge in [-0.3, -0.25) is 0 Å². The minimum absolute atomic E-state index is 0.700. The van der Waals surface area contributed by atoms with Crippen LogP contribution in [0.5, 0.6) is 0 Å². The third kappa shape index (κ3) is 8.06. The van der Waals surface area contributed by atoms with Gasteiger partial charge in [0.2, 0.25) is 0 Å². The fraction of sp³-hybridized carbons (Fsp3) is 0.258. The minimum atomic E-state index is 0.700. The molecule has 1 aliphatic rings. The molecule has 0 radical (unpaired) electrons. The summed E-state index contributed by atoms with van der Waals surface area (Å²) in [7, 11) is 0. The lowest BCUT2D eigenvalue weighted by molar-refractivity contribution is 0.833. The number of hydrogen-bond donors (Lipinski definition) is 1. The standard InChI is InChI=1S/C20H18N2.C7H8.C4H9N/c1-2-22(20-11-8-16(14-21)9-12-20)15-17-7-10-18-5-3-4-6-19(18)13-17;1-7-5-3-2-4-6-7;1-2-4-5-3-1/h3-13H,2,15H2,1H3;2-6H,1H3;5H,1-4H2. The molecule has 1 saturated heterocycles. The van der Waals surface area contributed by atoms with Crippen LogP contribution in [0.1, 0.15) is 36.5 Å². The summed E-state index contributed by atoms with van der Waals surface area (Å²) in [6, 6.07) is 35.2.